The first kappa shape index (κ1) is 34.0. The molecule has 10 rings (SSSR count). The summed E-state index contributed by atoms with van der Waals surface area (Å²) in [6, 6.07) is 85.8. The van der Waals surface area contributed by atoms with Crippen LogP contribution in [0.2, 0.25) is 0 Å². The van der Waals surface area contributed by atoms with Crippen LogP contribution in [0.5, 0.6) is 0 Å². The van der Waals surface area contributed by atoms with Gasteiger partial charge in [-0.2, -0.15) is 0 Å². The van der Waals surface area contributed by atoms with Crippen LogP contribution in [0.1, 0.15) is 0 Å². The average Bonchev–Trinajstić information content (AvgIpc) is 3.30. The van der Waals surface area contributed by atoms with Crippen molar-refractivity contribution in [2.45, 2.75) is 0 Å². The molecule has 0 aliphatic carbocycles. The molecule has 10 aromatic carbocycles. The highest BCUT2D eigenvalue weighted by Crippen LogP contribution is 2.46. The van der Waals surface area contributed by atoms with Gasteiger partial charge in [0, 0.05) is 16.9 Å². The number of hydrogen-bond donors (Lipinski definition) is 0. The molecule has 0 spiro atoms. The molecule has 0 aromatic heterocycles. The first-order chi connectivity index (χ1) is 28.3. The van der Waals surface area contributed by atoms with E-state index in [1.165, 1.54) is 77.2 Å². The van der Waals surface area contributed by atoms with Crippen molar-refractivity contribution < 1.29 is 0 Å². The summed E-state index contributed by atoms with van der Waals surface area (Å²) in [5, 5.41) is 4.99. The van der Waals surface area contributed by atoms with E-state index < -0.39 is 0 Å². The van der Waals surface area contributed by atoms with Crippen molar-refractivity contribution in [3.8, 4) is 55.6 Å². The van der Waals surface area contributed by atoms with Crippen molar-refractivity contribution >= 4 is 38.6 Å². The van der Waals surface area contributed by atoms with E-state index in [0.717, 1.165) is 17.1 Å². The second-order valence-electron chi connectivity index (χ2n) is 14.5. The minimum atomic E-state index is 1.08. The molecule has 0 bridgehead atoms. The van der Waals surface area contributed by atoms with Gasteiger partial charge in [0.15, 0.2) is 0 Å². The Bertz CT molecular complexity index is 2930. The topological polar surface area (TPSA) is 3.24 Å². The van der Waals surface area contributed by atoms with E-state index in [2.05, 4.69) is 241 Å². The molecule has 268 valence electrons. The van der Waals surface area contributed by atoms with Gasteiger partial charge in [-0.05, 0) is 120 Å². The van der Waals surface area contributed by atoms with Crippen LogP contribution in [0.15, 0.2) is 237 Å². The van der Waals surface area contributed by atoms with Crippen molar-refractivity contribution in [2.24, 2.45) is 0 Å². The summed E-state index contributed by atoms with van der Waals surface area (Å²) >= 11 is 0. The van der Waals surface area contributed by atoms with Gasteiger partial charge in [0.05, 0.1) is 5.69 Å². The average molecular weight is 726 g/mol. The van der Waals surface area contributed by atoms with E-state index in [-0.39, 0.29) is 0 Å². The number of nitrogens with zero attached hydrogens (tertiary/aromatic N) is 1. The summed E-state index contributed by atoms with van der Waals surface area (Å²) in [6.07, 6.45) is 0. The Morgan fingerprint density at radius 1 is 0.228 bits per heavy atom. The van der Waals surface area contributed by atoms with Gasteiger partial charge in [-0.3, -0.25) is 0 Å². The van der Waals surface area contributed by atoms with Crippen LogP contribution in [0, 0.1) is 0 Å². The Kier molecular flexibility index (Phi) is 8.95. The summed E-state index contributed by atoms with van der Waals surface area (Å²) in [5.74, 6) is 0. The fourth-order valence-corrected chi connectivity index (χ4v) is 8.25. The fourth-order valence-electron chi connectivity index (χ4n) is 8.25. The third kappa shape index (κ3) is 6.66. The second kappa shape index (κ2) is 15.0. The molecular formula is C56H39N. The van der Waals surface area contributed by atoms with Crippen molar-refractivity contribution in [2.75, 3.05) is 4.90 Å². The van der Waals surface area contributed by atoms with Gasteiger partial charge < -0.3 is 4.90 Å². The lowest BCUT2D eigenvalue weighted by Crippen LogP contribution is -2.11. The lowest BCUT2D eigenvalue weighted by atomic mass is 9.91. The molecule has 0 saturated heterocycles. The quantitative estimate of drug-likeness (QED) is 0.141. The van der Waals surface area contributed by atoms with Crippen LogP contribution >= 0.6 is 0 Å². The maximum Gasteiger partial charge on any atom is 0.0540 e. The monoisotopic (exact) mass is 725 g/mol. The lowest BCUT2D eigenvalue weighted by Gasteiger charge is -2.29. The Morgan fingerprint density at radius 3 is 1.32 bits per heavy atom. The molecule has 0 aliphatic rings. The Morgan fingerprint density at radius 2 is 0.684 bits per heavy atom. The number of para-hydroxylation sites is 1. The molecule has 0 aliphatic heterocycles. The van der Waals surface area contributed by atoms with Crippen molar-refractivity contribution in [3.63, 3.8) is 0 Å². The normalized spacial score (nSPS) is 11.2. The summed E-state index contributed by atoms with van der Waals surface area (Å²) < 4.78 is 0. The molecule has 0 radical (unpaired) electrons. The molecule has 0 fully saturated rings. The number of rotatable bonds is 8. The van der Waals surface area contributed by atoms with E-state index in [9.17, 15) is 0 Å². The number of hydrogen-bond acceptors (Lipinski definition) is 1. The molecule has 57 heavy (non-hydrogen) atoms. The summed E-state index contributed by atoms with van der Waals surface area (Å²) in [6.45, 7) is 0. The van der Waals surface area contributed by atoms with E-state index >= 15 is 0 Å². The van der Waals surface area contributed by atoms with Crippen molar-refractivity contribution in [3.05, 3.63) is 237 Å². The van der Waals surface area contributed by atoms with Gasteiger partial charge >= 0.3 is 0 Å². The van der Waals surface area contributed by atoms with Crippen LogP contribution in [0.25, 0.3) is 77.2 Å². The zero-order valence-electron chi connectivity index (χ0n) is 31.5. The van der Waals surface area contributed by atoms with Crippen LogP contribution < -0.4 is 4.90 Å². The summed E-state index contributed by atoms with van der Waals surface area (Å²) in [4.78, 5) is 2.45. The van der Waals surface area contributed by atoms with Gasteiger partial charge in [-0.25, -0.2) is 0 Å². The fraction of sp³-hybridized carbons (Fsp3) is 0. The third-order valence-electron chi connectivity index (χ3n) is 11.0. The van der Waals surface area contributed by atoms with Crippen LogP contribution in [0.3, 0.4) is 0 Å². The van der Waals surface area contributed by atoms with E-state index in [4.69, 9.17) is 0 Å². The predicted octanol–water partition coefficient (Wildman–Crippen LogP) is 15.8. The number of benzene rings is 10. The van der Waals surface area contributed by atoms with Gasteiger partial charge in [0.2, 0.25) is 0 Å². The van der Waals surface area contributed by atoms with Gasteiger partial charge in [0.25, 0.3) is 0 Å². The lowest BCUT2D eigenvalue weighted by molar-refractivity contribution is 1.28. The highest BCUT2D eigenvalue weighted by molar-refractivity contribution is 6.15. The summed E-state index contributed by atoms with van der Waals surface area (Å²) in [7, 11) is 0. The van der Waals surface area contributed by atoms with Gasteiger partial charge in [-0.15, -0.1) is 0 Å². The third-order valence-corrected chi connectivity index (χ3v) is 11.0. The van der Waals surface area contributed by atoms with Crippen LogP contribution in [0.4, 0.5) is 17.1 Å². The molecule has 10 aromatic rings. The Labute approximate surface area is 334 Å². The minimum absolute atomic E-state index is 1.08. The molecule has 0 atom stereocenters. The van der Waals surface area contributed by atoms with Crippen LogP contribution in [-0.2, 0) is 0 Å². The second-order valence-corrected chi connectivity index (χ2v) is 14.5. The SMILES string of the molecule is c1ccc(-c2cccc(-c3ccc(N(c4cc(-c5ccccc5)cc(-c5ccccc5)c4)c4ccccc4-c4cc5ccccc5c5ccccc45)cc3)c2)cc1. The zero-order chi connectivity index (χ0) is 38.0. The zero-order valence-corrected chi connectivity index (χ0v) is 31.5. The largest absolute Gasteiger partial charge is 0.310 e. The highest BCUT2D eigenvalue weighted by Gasteiger charge is 2.21. The van der Waals surface area contributed by atoms with E-state index in [0.29, 0.717) is 0 Å². The van der Waals surface area contributed by atoms with Crippen LogP contribution in [-0.4, -0.2) is 0 Å². The minimum Gasteiger partial charge on any atom is -0.310 e. The molecule has 0 N–H and O–H groups in total. The highest BCUT2D eigenvalue weighted by atomic mass is 15.1. The molecule has 0 saturated carbocycles. The summed E-state index contributed by atoms with van der Waals surface area (Å²) in [5.41, 5.74) is 15.1. The number of anilines is 3. The molecule has 0 heterocycles. The molecule has 1 heteroatoms. The maximum atomic E-state index is 2.45. The van der Waals surface area contributed by atoms with E-state index in [1.807, 2.05) is 0 Å². The predicted molar refractivity (Wildman–Crippen MR) is 243 cm³/mol. The van der Waals surface area contributed by atoms with Gasteiger partial charge in [0.1, 0.15) is 0 Å². The standard InChI is InChI=1S/C56H39N/c1-4-17-40(18-5-1)44-24-16-25-45(35-44)43-31-33-49(34-32-43)57(50-37-47(41-19-6-2-7-20-41)36-48(38-50)42-21-8-3-9-22-42)56-30-15-14-29-54(56)55-39-46-23-10-11-26-51(46)52-27-12-13-28-53(52)55/h1-39H. The Balaban J connectivity index is 1.19. The first-order valence-electron chi connectivity index (χ1n) is 19.6. The maximum absolute atomic E-state index is 2.45. The molecular weight excluding hydrogens is 687 g/mol. The van der Waals surface area contributed by atoms with Crippen molar-refractivity contribution in [1.29, 1.82) is 0 Å². The molecule has 0 amide bonds. The van der Waals surface area contributed by atoms with Crippen molar-refractivity contribution in [1.82, 2.24) is 0 Å². The Hall–Kier alpha value is -7.48. The first-order valence-corrected chi connectivity index (χ1v) is 19.6. The van der Waals surface area contributed by atoms with E-state index in [1.54, 1.807) is 0 Å². The molecule has 0 unspecified atom stereocenters. The smallest absolute Gasteiger partial charge is 0.0540 e. The van der Waals surface area contributed by atoms with Gasteiger partial charge in [-0.1, -0.05) is 188 Å². The molecule has 1 nitrogen and oxygen atoms in total. The number of fused-ring (bicyclic) bond motifs is 3.